The molecule has 1 aliphatic rings. The summed E-state index contributed by atoms with van der Waals surface area (Å²) in [6.45, 7) is 2.19. The molecule has 1 aromatic carbocycles. The predicted molar refractivity (Wildman–Crippen MR) is 79.8 cm³/mol. The Balaban J connectivity index is 1.79. The minimum atomic E-state index is 0.155. The maximum Gasteiger partial charge on any atom is 0.220 e. The Morgan fingerprint density at radius 2 is 2.37 bits per heavy atom. The summed E-state index contributed by atoms with van der Waals surface area (Å²) in [6, 6.07) is 8.25. The van der Waals surface area contributed by atoms with Crippen molar-refractivity contribution in [3.05, 3.63) is 29.8 Å². The SMILES string of the molecule is COc1cccc(CCC(=O)NC2CCSC2C)c1. The Bertz CT molecular complexity index is 436. The Morgan fingerprint density at radius 3 is 3.05 bits per heavy atom. The predicted octanol–water partition coefficient (Wildman–Crippen LogP) is 2.64. The monoisotopic (exact) mass is 279 g/mol. The molecular weight excluding hydrogens is 258 g/mol. The van der Waals surface area contributed by atoms with Crippen LogP contribution >= 0.6 is 11.8 Å². The summed E-state index contributed by atoms with van der Waals surface area (Å²) in [5.74, 6) is 2.16. The number of rotatable bonds is 5. The van der Waals surface area contributed by atoms with E-state index in [2.05, 4.69) is 12.2 Å². The van der Waals surface area contributed by atoms with Crippen molar-refractivity contribution in [2.24, 2.45) is 0 Å². The summed E-state index contributed by atoms with van der Waals surface area (Å²) in [4.78, 5) is 11.9. The van der Waals surface area contributed by atoms with Crippen LogP contribution in [0.1, 0.15) is 25.3 Å². The van der Waals surface area contributed by atoms with Gasteiger partial charge in [0.25, 0.3) is 0 Å². The lowest BCUT2D eigenvalue weighted by Gasteiger charge is -2.16. The Labute approximate surface area is 119 Å². The second kappa shape index (κ2) is 6.85. The molecule has 2 atom stereocenters. The van der Waals surface area contributed by atoms with E-state index in [0.717, 1.165) is 29.9 Å². The lowest BCUT2D eigenvalue weighted by Crippen LogP contribution is -2.38. The molecule has 0 spiro atoms. The molecule has 0 saturated carbocycles. The number of benzene rings is 1. The third kappa shape index (κ3) is 4.16. The quantitative estimate of drug-likeness (QED) is 0.900. The Morgan fingerprint density at radius 1 is 1.53 bits per heavy atom. The van der Waals surface area contributed by atoms with Gasteiger partial charge in [-0.2, -0.15) is 11.8 Å². The smallest absolute Gasteiger partial charge is 0.220 e. The molecule has 1 amide bonds. The van der Waals surface area contributed by atoms with Crippen LogP contribution in [0.4, 0.5) is 0 Å². The number of thioether (sulfide) groups is 1. The molecule has 3 nitrogen and oxygen atoms in total. The van der Waals surface area contributed by atoms with Crippen LogP contribution in [0, 0.1) is 0 Å². The summed E-state index contributed by atoms with van der Waals surface area (Å²) in [5.41, 5.74) is 1.14. The molecule has 1 aliphatic heterocycles. The van der Waals surface area contributed by atoms with E-state index in [1.165, 1.54) is 0 Å². The van der Waals surface area contributed by atoms with E-state index >= 15 is 0 Å². The maximum atomic E-state index is 11.9. The average molecular weight is 279 g/mol. The molecule has 1 fully saturated rings. The molecule has 1 heterocycles. The first-order valence-corrected chi connectivity index (χ1v) is 7.78. The van der Waals surface area contributed by atoms with E-state index < -0.39 is 0 Å². The van der Waals surface area contributed by atoms with Gasteiger partial charge in [-0.3, -0.25) is 4.79 Å². The highest BCUT2D eigenvalue weighted by molar-refractivity contribution is 8.00. The Kier molecular flexibility index (Phi) is 5.14. The van der Waals surface area contributed by atoms with Crippen LogP contribution in [-0.2, 0) is 11.2 Å². The number of ether oxygens (including phenoxy) is 1. The first kappa shape index (κ1) is 14.3. The van der Waals surface area contributed by atoms with E-state index in [-0.39, 0.29) is 5.91 Å². The van der Waals surface area contributed by atoms with Crippen molar-refractivity contribution >= 4 is 17.7 Å². The molecule has 1 saturated heterocycles. The molecular formula is C15H21NO2S. The van der Waals surface area contributed by atoms with Crippen LogP contribution in [0.25, 0.3) is 0 Å². The number of aryl methyl sites for hydroxylation is 1. The molecule has 2 rings (SSSR count). The van der Waals surface area contributed by atoms with Gasteiger partial charge in [0.05, 0.1) is 7.11 Å². The fourth-order valence-electron chi connectivity index (χ4n) is 2.29. The number of hydrogen-bond donors (Lipinski definition) is 1. The van der Waals surface area contributed by atoms with Gasteiger partial charge in [0.2, 0.25) is 5.91 Å². The Hall–Kier alpha value is -1.16. The summed E-state index contributed by atoms with van der Waals surface area (Å²) >= 11 is 1.94. The van der Waals surface area contributed by atoms with Gasteiger partial charge in [0.15, 0.2) is 0 Å². The first-order valence-electron chi connectivity index (χ1n) is 6.73. The number of carbonyl (C=O) groups excluding carboxylic acids is 1. The van der Waals surface area contributed by atoms with Crippen LogP contribution in [-0.4, -0.2) is 30.1 Å². The number of methoxy groups -OCH3 is 1. The van der Waals surface area contributed by atoms with Crippen LogP contribution in [0.5, 0.6) is 5.75 Å². The van der Waals surface area contributed by atoms with E-state index in [4.69, 9.17) is 4.74 Å². The van der Waals surface area contributed by atoms with Crippen molar-refractivity contribution < 1.29 is 9.53 Å². The first-order chi connectivity index (χ1) is 9.19. The van der Waals surface area contributed by atoms with E-state index in [1.807, 2.05) is 36.0 Å². The van der Waals surface area contributed by atoms with E-state index in [1.54, 1.807) is 7.11 Å². The van der Waals surface area contributed by atoms with E-state index in [9.17, 15) is 4.79 Å². The average Bonchev–Trinajstić information content (AvgIpc) is 2.82. The number of carbonyl (C=O) groups is 1. The topological polar surface area (TPSA) is 38.3 Å². The molecule has 104 valence electrons. The molecule has 1 aromatic rings. The molecule has 2 unspecified atom stereocenters. The lowest BCUT2D eigenvalue weighted by atomic mass is 10.1. The third-order valence-electron chi connectivity index (χ3n) is 3.50. The number of hydrogen-bond acceptors (Lipinski definition) is 3. The van der Waals surface area contributed by atoms with Gasteiger partial charge >= 0.3 is 0 Å². The summed E-state index contributed by atoms with van der Waals surface area (Å²) in [5, 5.41) is 3.68. The van der Waals surface area contributed by atoms with Crippen molar-refractivity contribution in [1.29, 1.82) is 0 Å². The number of amides is 1. The van der Waals surface area contributed by atoms with Crippen molar-refractivity contribution in [1.82, 2.24) is 5.32 Å². The van der Waals surface area contributed by atoms with Crippen LogP contribution in [0.2, 0.25) is 0 Å². The van der Waals surface area contributed by atoms with Gasteiger partial charge in [-0.1, -0.05) is 19.1 Å². The minimum Gasteiger partial charge on any atom is -0.497 e. The zero-order chi connectivity index (χ0) is 13.7. The van der Waals surface area contributed by atoms with Crippen LogP contribution in [0.3, 0.4) is 0 Å². The third-order valence-corrected chi connectivity index (χ3v) is 4.82. The highest BCUT2D eigenvalue weighted by Gasteiger charge is 2.24. The second-order valence-corrected chi connectivity index (χ2v) is 6.38. The van der Waals surface area contributed by atoms with Gasteiger partial charge in [-0.25, -0.2) is 0 Å². The molecule has 0 radical (unpaired) electrons. The summed E-state index contributed by atoms with van der Waals surface area (Å²) in [7, 11) is 1.66. The maximum absolute atomic E-state index is 11.9. The fourth-order valence-corrected chi connectivity index (χ4v) is 3.48. The highest BCUT2D eigenvalue weighted by atomic mass is 32.2. The zero-order valence-corrected chi connectivity index (χ0v) is 12.3. The molecule has 4 heteroatoms. The largest absolute Gasteiger partial charge is 0.497 e. The second-order valence-electron chi connectivity index (χ2n) is 4.89. The molecule has 0 aliphatic carbocycles. The van der Waals surface area contributed by atoms with Gasteiger partial charge in [0.1, 0.15) is 5.75 Å². The fraction of sp³-hybridized carbons (Fsp3) is 0.533. The van der Waals surface area contributed by atoms with Crippen LogP contribution < -0.4 is 10.1 Å². The lowest BCUT2D eigenvalue weighted by molar-refractivity contribution is -0.121. The highest BCUT2D eigenvalue weighted by Crippen LogP contribution is 2.26. The zero-order valence-electron chi connectivity index (χ0n) is 11.5. The molecule has 0 aromatic heterocycles. The summed E-state index contributed by atoms with van der Waals surface area (Å²) in [6.07, 6.45) is 2.40. The standard InChI is InChI=1S/C15H21NO2S/c1-11-14(8-9-19-11)16-15(17)7-6-12-4-3-5-13(10-12)18-2/h3-5,10-11,14H,6-9H2,1-2H3,(H,16,17). The van der Waals surface area contributed by atoms with E-state index in [0.29, 0.717) is 17.7 Å². The normalized spacial score (nSPS) is 22.2. The summed E-state index contributed by atoms with van der Waals surface area (Å²) < 4.78 is 5.18. The van der Waals surface area contributed by atoms with Gasteiger partial charge in [0, 0.05) is 17.7 Å². The van der Waals surface area contributed by atoms with Crippen LogP contribution in [0.15, 0.2) is 24.3 Å². The van der Waals surface area contributed by atoms with Crippen molar-refractivity contribution in [2.45, 2.75) is 37.5 Å². The number of nitrogens with one attached hydrogen (secondary N) is 1. The van der Waals surface area contributed by atoms with Crippen molar-refractivity contribution in [2.75, 3.05) is 12.9 Å². The molecule has 19 heavy (non-hydrogen) atoms. The van der Waals surface area contributed by atoms with Gasteiger partial charge in [-0.15, -0.1) is 0 Å². The van der Waals surface area contributed by atoms with Crippen molar-refractivity contribution in [3.8, 4) is 5.75 Å². The molecule has 0 bridgehead atoms. The van der Waals surface area contributed by atoms with Gasteiger partial charge < -0.3 is 10.1 Å². The molecule has 1 N–H and O–H groups in total. The van der Waals surface area contributed by atoms with Crippen molar-refractivity contribution in [3.63, 3.8) is 0 Å². The van der Waals surface area contributed by atoms with Gasteiger partial charge in [-0.05, 0) is 36.3 Å². The minimum absolute atomic E-state index is 0.155.